The number of carboxylic acid groups (broad SMARTS) is 1. The molecule has 0 atom stereocenters. The molecule has 1 fully saturated rings. The highest BCUT2D eigenvalue weighted by Gasteiger charge is 2.24. The molecule has 0 radical (unpaired) electrons. The van der Waals surface area contributed by atoms with Gasteiger partial charge in [0.15, 0.2) is 0 Å². The topological polar surface area (TPSA) is 84.2 Å². The van der Waals surface area contributed by atoms with E-state index in [1.807, 2.05) is 7.05 Å². The van der Waals surface area contributed by atoms with Gasteiger partial charge in [-0.1, -0.05) is 31.4 Å². The van der Waals surface area contributed by atoms with Gasteiger partial charge in [-0.3, -0.25) is 9.48 Å². The molecule has 1 aromatic carbocycles. The highest BCUT2D eigenvalue weighted by Crippen LogP contribution is 2.33. The largest absolute Gasteiger partial charge is 0.478 e. The Bertz CT molecular complexity index is 774. The first kappa shape index (κ1) is 18.2. The molecular formula is C20H25N3O3. The quantitative estimate of drug-likeness (QED) is 0.834. The molecule has 1 saturated carbocycles. The van der Waals surface area contributed by atoms with Gasteiger partial charge in [0.2, 0.25) is 0 Å². The van der Waals surface area contributed by atoms with Crippen LogP contribution in [0.2, 0.25) is 0 Å². The predicted octanol–water partition coefficient (Wildman–Crippen LogP) is 3.14. The Kier molecular flexibility index (Phi) is 5.71. The van der Waals surface area contributed by atoms with Crippen LogP contribution in [0.5, 0.6) is 0 Å². The first-order valence-electron chi connectivity index (χ1n) is 9.18. The number of rotatable bonds is 6. The SMILES string of the molecule is Cn1cc(C(=O)NCCc2ccc(C(=O)O)cc2)c(C2CCCCC2)n1. The fourth-order valence-electron chi connectivity index (χ4n) is 3.59. The number of carbonyl (C=O) groups excluding carboxylic acids is 1. The molecule has 0 spiro atoms. The lowest BCUT2D eigenvalue weighted by Gasteiger charge is -2.20. The van der Waals surface area contributed by atoms with Crippen molar-refractivity contribution in [2.75, 3.05) is 6.54 Å². The van der Waals surface area contributed by atoms with Gasteiger partial charge in [0.1, 0.15) is 0 Å². The molecule has 0 saturated heterocycles. The molecule has 3 rings (SSSR count). The van der Waals surface area contributed by atoms with Crippen LogP contribution in [0.3, 0.4) is 0 Å². The van der Waals surface area contributed by atoms with Crippen molar-refractivity contribution in [1.29, 1.82) is 0 Å². The summed E-state index contributed by atoms with van der Waals surface area (Å²) in [6.45, 7) is 0.504. The molecule has 2 aromatic rings. The van der Waals surface area contributed by atoms with Crippen LogP contribution in [0.25, 0.3) is 0 Å². The van der Waals surface area contributed by atoms with Gasteiger partial charge in [0.25, 0.3) is 5.91 Å². The zero-order valence-corrected chi connectivity index (χ0v) is 15.1. The number of hydrogen-bond donors (Lipinski definition) is 2. The third-order valence-electron chi connectivity index (χ3n) is 4.99. The monoisotopic (exact) mass is 355 g/mol. The number of aromatic nitrogens is 2. The molecule has 6 heteroatoms. The van der Waals surface area contributed by atoms with Gasteiger partial charge in [-0.2, -0.15) is 5.10 Å². The second-order valence-electron chi connectivity index (χ2n) is 6.94. The van der Waals surface area contributed by atoms with Crippen molar-refractivity contribution < 1.29 is 14.7 Å². The van der Waals surface area contributed by atoms with Crippen molar-refractivity contribution >= 4 is 11.9 Å². The van der Waals surface area contributed by atoms with E-state index in [0.717, 1.165) is 24.1 Å². The van der Waals surface area contributed by atoms with Crippen molar-refractivity contribution in [2.45, 2.75) is 44.4 Å². The summed E-state index contributed by atoms with van der Waals surface area (Å²) in [7, 11) is 1.85. The van der Waals surface area contributed by atoms with E-state index in [4.69, 9.17) is 5.11 Å². The number of aryl methyl sites for hydroxylation is 1. The molecule has 0 aliphatic heterocycles. The number of amides is 1. The minimum absolute atomic E-state index is 0.0826. The summed E-state index contributed by atoms with van der Waals surface area (Å²) >= 11 is 0. The Morgan fingerprint density at radius 3 is 2.54 bits per heavy atom. The van der Waals surface area contributed by atoms with Crippen LogP contribution in [-0.4, -0.2) is 33.3 Å². The number of nitrogens with one attached hydrogen (secondary N) is 1. The Morgan fingerprint density at radius 2 is 1.88 bits per heavy atom. The van der Waals surface area contributed by atoms with Crippen molar-refractivity contribution in [3.05, 3.63) is 52.8 Å². The number of hydrogen-bond acceptors (Lipinski definition) is 3. The smallest absolute Gasteiger partial charge is 0.335 e. The van der Waals surface area contributed by atoms with Crippen molar-refractivity contribution in [1.82, 2.24) is 15.1 Å². The van der Waals surface area contributed by atoms with Gasteiger partial charge in [-0.05, 0) is 37.0 Å². The summed E-state index contributed by atoms with van der Waals surface area (Å²) in [5.74, 6) is -0.633. The molecule has 138 valence electrons. The zero-order valence-electron chi connectivity index (χ0n) is 15.1. The van der Waals surface area contributed by atoms with Crippen LogP contribution in [0, 0.1) is 0 Å². The van der Waals surface area contributed by atoms with E-state index < -0.39 is 5.97 Å². The maximum absolute atomic E-state index is 12.6. The van der Waals surface area contributed by atoms with Crippen molar-refractivity contribution in [3.63, 3.8) is 0 Å². The summed E-state index contributed by atoms with van der Waals surface area (Å²) in [5, 5.41) is 16.4. The van der Waals surface area contributed by atoms with Gasteiger partial charge >= 0.3 is 5.97 Å². The first-order chi connectivity index (χ1) is 12.5. The van der Waals surface area contributed by atoms with Gasteiger partial charge in [0, 0.05) is 25.7 Å². The highest BCUT2D eigenvalue weighted by atomic mass is 16.4. The molecular weight excluding hydrogens is 330 g/mol. The van der Waals surface area contributed by atoms with Crippen molar-refractivity contribution in [3.8, 4) is 0 Å². The van der Waals surface area contributed by atoms with E-state index in [1.54, 1.807) is 35.1 Å². The van der Waals surface area contributed by atoms with E-state index in [2.05, 4.69) is 10.4 Å². The molecule has 2 N–H and O–H groups in total. The number of benzene rings is 1. The third-order valence-corrected chi connectivity index (χ3v) is 4.99. The summed E-state index contributed by atoms with van der Waals surface area (Å²) in [5.41, 5.74) is 2.87. The highest BCUT2D eigenvalue weighted by molar-refractivity contribution is 5.95. The molecule has 1 amide bonds. The lowest BCUT2D eigenvalue weighted by atomic mass is 9.85. The normalized spacial score (nSPS) is 15.0. The van der Waals surface area contributed by atoms with E-state index >= 15 is 0 Å². The molecule has 1 heterocycles. The number of carboxylic acids is 1. The van der Waals surface area contributed by atoms with E-state index in [9.17, 15) is 9.59 Å². The Labute approximate surface area is 153 Å². The van der Waals surface area contributed by atoms with Crippen LogP contribution < -0.4 is 5.32 Å². The summed E-state index contributed by atoms with van der Waals surface area (Å²) in [6.07, 6.45) is 8.35. The maximum atomic E-state index is 12.6. The van der Waals surface area contributed by atoms with Crippen LogP contribution in [0.4, 0.5) is 0 Å². The third kappa shape index (κ3) is 4.31. The van der Waals surface area contributed by atoms with E-state index in [-0.39, 0.29) is 11.5 Å². The molecule has 26 heavy (non-hydrogen) atoms. The second-order valence-corrected chi connectivity index (χ2v) is 6.94. The molecule has 0 bridgehead atoms. The van der Waals surface area contributed by atoms with Crippen molar-refractivity contribution in [2.24, 2.45) is 7.05 Å². The zero-order chi connectivity index (χ0) is 18.5. The Morgan fingerprint density at radius 1 is 1.19 bits per heavy atom. The van der Waals surface area contributed by atoms with E-state index in [0.29, 0.717) is 24.4 Å². The molecule has 1 aliphatic rings. The lowest BCUT2D eigenvalue weighted by molar-refractivity contribution is 0.0696. The van der Waals surface area contributed by atoms with Crippen LogP contribution in [0.15, 0.2) is 30.5 Å². The second kappa shape index (κ2) is 8.17. The first-order valence-corrected chi connectivity index (χ1v) is 9.18. The fourth-order valence-corrected chi connectivity index (χ4v) is 3.59. The molecule has 1 aliphatic carbocycles. The fraction of sp³-hybridized carbons (Fsp3) is 0.450. The van der Waals surface area contributed by atoms with Gasteiger partial charge in [0.05, 0.1) is 16.8 Å². The molecule has 1 aromatic heterocycles. The average molecular weight is 355 g/mol. The van der Waals surface area contributed by atoms with E-state index in [1.165, 1.54) is 19.3 Å². The number of carbonyl (C=O) groups is 2. The minimum Gasteiger partial charge on any atom is -0.478 e. The van der Waals surface area contributed by atoms with Gasteiger partial charge in [-0.25, -0.2) is 4.79 Å². The number of nitrogens with zero attached hydrogens (tertiary/aromatic N) is 2. The van der Waals surface area contributed by atoms with Crippen LogP contribution in [0.1, 0.15) is 70.0 Å². The number of aromatic carboxylic acids is 1. The Hall–Kier alpha value is -2.63. The van der Waals surface area contributed by atoms with Crippen LogP contribution in [-0.2, 0) is 13.5 Å². The average Bonchev–Trinajstić information content (AvgIpc) is 3.05. The molecule has 6 nitrogen and oxygen atoms in total. The summed E-state index contributed by atoms with van der Waals surface area (Å²) in [4.78, 5) is 23.5. The summed E-state index contributed by atoms with van der Waals surface area (Å²) in [6, 6.07) is 6.74. The van der Waals surface area contributed by atoms with Gasteiger partial charge in [-0.15, -0.1) is 0 Å². The van der Waals surface area contributed by atoms with Crippen LogP contribution >= 0.6 is 0 Å². The van der Waals surface area contributed by atoms with Gasteiger partial charge < -0.3 is 10.4 Å². The standard InChI is InChI=1S/C20H25N3O3/c1-23-13-17(18(22-23)15-5-3-2-4-6-15)19(24)21-12-11-14-7-9-16(10-8-14)20(25)26/h7-10,13,15H,2-6,11-12H2,1H3,(H,21,24)(H,25,26). The lowest BCUT2D eigenvalue weighted by Crippen LogP contribution is -2.27. The minimum atomic E-state index is -0.934. The predicted molar refractivity (Wildman–Crippen MR) is 98.5 cm³/mol. The summed E-state index contributed by atoms with van der Waals surface area (Å²) < 4.78 is 1.73. The Balaban J connectivity index is 1.59. The molecule has 0 unspecified atom stereocenters. The maximum Gasteiger partial charge on any atom is 0.335 e.